The van der Waals surface area contributed by atoms with Gasteiger partial charge in [0.2, 0.25) is 5.91 Å². The molecule has 4 nitrogen and oxygen atoms in total. The fourth-order valence-corrected chi connectivity index (χ4v) is 3.31. The third-order valence-electron chi connectivity index (χ3n) is 4.71. The number of hydrogen-bond donors (Lipinski definition) is 1. The second-order valence-corrected chi connectivity index (χ2v) is 6.20. The number of piperazine rings is 1. The normalized spacial score (nSPS) is 16.0. The Morgan fingerprint density at radius 1 is 1.00 bits per heavy atom. The molecule has 0 radical (unpaired) electrons. The molecule has 0 aromatic heterocycles. The fraction of sp³-hybridized carbons (Fsp3) is 0.350. The molecule has 0 saturated carbocycles. The van der Waals surface area contributed by atoms with E-state index in [-0.39, 0.29) is 17.6 Å². The summed E-state index contributed by atoms with van der Waals surface area (Å²) in [5.74, 6) is 0.460. The lowest BCUT2D eigenvalue weighted by Crippen LogP contribution is -2.50. The van der Waals surface area contributed by atoms with E-state index in [0.29, 0.717) is 0 Å². The number of phenolic OH excluding ortho intramolecular Hbond substituents is 1. The molecule has 0 spiro atoms. The average molecular weight is 324 g/mol. The molecular formula is C20H24N2O2. The second-order valence-electron chi connectivity index (χ2n) is 6.20. The first-order valence-electron chi connectivity index (χ1n) is 8.56. The zero-order valence-corrected chi connectivity index (χ0v) is 14.1. The Kier molecular flexibility index (Phi) is 5.04. The monoisotopic (exact) mass is 324 g/mol. The molecule has 1 heterocycles. The van der Waals surface area contributed by atoms with E-state index in [4.69, 9.17) is 0 Å². The summed E-state index contributed by atoms with van der Waals surface area (Å²) < 4.78 is 0. The molecule has 3 rings (SSSR count). The summed E-state index contributed by atoms with van der Waals surface area (Å²) in [5, 5.41) is 9.39. The van der Waals surface area contributed by atoms with Gasteiger partial charge in [0.05, 0.1) is 5.92 Å². The summed E-state index contributed by atoms with van der Waals surface area (Å²) in [4.78, 5) is 17.1. The predicted molar refractivity (Wildman–Crippen MR) is 96.4 cm³/mol. The van der Waals surface area contributed by atoms with Gasteiger partial charge >= 0.3 is 0 Å². The first-order chi connectivity index (χ1) is 11.7. The number of phenols is 1. The predicted octanol–water partition coefficient (Wildman–Crippen LogP) is 3.23. The van der Waals surface area contributed by atoms with Crippen LogP contribution in [-0.4, -0.2) is 42.1 Å². The van der Waals surface area contributed by atoms with Gasteiger partial charge < -0.3 is 14.9 Å². The molecule has 1 unspecified atom stereocenters. The maximum atomic E-state index is 12.9. The van der Waals surface area contributed by atoms with E-state index in [1.165, 1.54) is 0 Å². The van der Waals surface area contributed by atoms with Crippen LogP contribution in [-0.2, 0) is 4.79 Å². The molecule has 1 aliphatic heterocycles. The largest absolute Gasteiger partial charge is 0.508 e. The van der Waals surface area contributed by atoms with Gasteiger partial charge in [-0.2, -0.15) is 0 Å². The van der Waals surface area contributed by atoms with Crippen molar-refractivity contribution >= 4 is 11.6 Å². The highest BCUT2D eigenvalue weighted by Gasteiger charge is 2.27. The van der Waals surface area contributed by atoms with Crippen molar-refractivity contribution in [1.29, 1.82) is 0 Å². The smallest absolute Gasteiger partial charge is 0.230 e. The van der Waals surface area contributed by atoms with E-state index in [1.807, 2.05) is 47.4 Å². The van der Waals surface area contributed by atoms with Gasteiger partial charge in [0, 0.05) is 31.9 Å². The van der Waals surface area contributed by atoms with Crippen molar-refractivity contribution in [2.75, 3.05) is 31.1 Å². The standard InChI is InChI=1S/C20H24N2O2/c1-2-19(16-6-4-3-5-7-16)20(24)22-14-12-21(13-15-22)17-8-10-18(23)11-9-17/h3-11,19,23H,2,12-15H2,1H3. The van der Waals surface area contributed by atoms with Crippen LogP contribution in [0.4, 0.5) is 5.69 Å². The van der Waals surface area contributed by atoms with E-state index in [2.05, 4.69) is 11.8 Å². The van der Waals surface area contributed by atoms with Crippen LogP contribution < -0.4 is 4.90 Å². The number of carbonyl (C=O) groups excluding carboxylic acids is 1. The number of hydrogen-bond acceptors (Lipinski definition) is 3. The summed E-state index contributed by atoms with van der Waals surface area (Å²) in [6, 6.07) is 17.3. The molecule has 2 aromatic rings. The van der Waals surface area contributed by atoms with Crippen LogP contribution >= 0.6 is 0 Å². The summed E-state index contributed by atoms with van der Waals surface area (Å²) in [6.45, 7) is 5.19. The van der Waals surface area contributed by atoms with Gasteiger partial charge in [-0.25, -0.2) is 0 Å². The van der Waals surface area contributed by atoms with Crippen LogP contribution in [0.2, 0.25) is 0 Å². The van der Waals surface area contributed by atoms with E-state index in [0.717, 1.165) is 43.9 Å². The van der Waals surface area contributed by atoms with Crippen LogP contribution in [0.25, 0.3) is 0 Å². The Morgan fingerprint density at radius 2 is 1.62 bits per heavy atom. The molecule has 0 aliphatic carbocycles. The minimum Gasteiger partial charge on any atom is -0.508 e. The topological polar surface area (TPSA) is 43.8 Å². The van der Waals surface area contributed by atoms with Crippen LogP contribution in [0.15, 0.2) is 54.6 Å². The van der Waals surface area contributed by atoms with E-state index >= 15 is 0 Å². The van der Waals surface area contributed by atoms with Gasteiger partial charge in [-0.15, -0.1) is 0 Å². The third-order valence-corrected chi connectivity index (χ3v) is 4.71. The number of anilines is 1. The molecule has 1 saturated heterocycles. The van der Waals surface area contributed by atoms with Crippen molar-refractivity contribution in [3.63, 3.8) is 0 Å². The van der Waals surface area contributed by atoms with Gasteiger partial charge in [0.25, 0.3) is 0 Å². The molecule has 1 amide bonds. The highest BCUT2D eigenvalue weighted by molar-refractivity contribution is 5.84. The van der Waals surface area contributed by atoms with Gasteiger partial charge in [-0.3, -0.25) is 4.79 Å². The lowest BCUT2D eigenvalue weighted by molar-refractivity contribution is -0.133. The molecule has 1 atom stereocenters. The maximum Gasteiger partial charge on any atom is 0.230 e. The Morgan fingerprint density at radius 3 is 2.21 bits per heavy atom. The van der Waals surface area contributed by atoms with Crippen molar-refractivity contribution in [2.45, 2.75) is 19.3 Å². The van der Waals surface area contributed by atoms with Crippen LogP contribution in [0.1, 0.15) is 24.8 Å². The zero-order valence-electron chi connectivity index (χ0n) is 14.1. The molecule has 1 aliphatic rings. The zero-order chi connectivity index (χ0) is 16.9. The van der Waals surface area contributed by atoms with Crippen molar-refractivity contribution in [3.8, 4) is 5.75 Å². The fourth-order valence-electron chi connectivity index (χ4n) is 3.31. The average Bonchev–Trinajstić information content (AvgIpc) is 2.64. The summed E-state index contributed by atoms with van der Waals surface area (Å²) in [5.41, 5.74) is 2.20. The first kappa shape index (κ1) is 16.4. The molecule has 0 bridgehead atoms. The Hall–Kier alpha value is -2.49. The SMILES string of the molecule is CCC(C(=O)N1CCN(c2ccc(O)cc2)CC1)c1ccccc1. The Labute approximate surface area is 143 Å². The molecule has 1 N–H and O–H groups in total. The van der Waals surface area contributed by atoms with Crippen molar-refractivity contribution in [2.24, 2.45) is 0 Å². The number of rotatable bonds is 4. The van der Waals surface area contributed by atoms with Crippen LogP contribution in [0.5, 0.6) is 5.75 Å². The van der Waals surface area contributed by atoms with Crippen LogP contribution in [0.3, 0.4) is 0 Å². The molecule has 1 fully saturated rings. The molecule has 4 heteroatoms. The van der Waals surface area contributed by atoms with Gasteiger partial charge in [0.15, 0.2) is 0 Å². The van der Waals surface area contributed by atoms with Gasteiger partial charge in [0.1, 0.15) is 5.75 Å². The minimum atomic E-state index is -0.0496. The Balaban J connectivity index is 1.63. The minimum absolute atomic E-state index is 0.0496. The number of benzene rings is 2. The molecular weight excluding hydrogens is 300 g/mol. The van der Waals surface area contributed by atoms with E-state index in [1.54, 1.807) is 12.1 Å². The third kappa shape index (κ3) is 3.53. The highest BCUT2D eigenvalue weighted by atomic mass is 16.3. The number of carbonyl (C=O) groups is 1. The van der Waals surface area contributed by atoms with E-state index in [9.17, 15) is 9.90 Å². The Bertz CT molecular complexity index is 662. The maximum absolute atomic E-state index is 12.9. The lowest BCUT2D eigenvalue weighted by atomic mass is 9.95. The van der Waals surface area contributed by atoms with E-state index < -0.39 is 0 Å². The number of aromatic hydroxyl groups is 1. The molecule has 126 valence electrons. The summed E-state index contributed by atoms with van der Waals surface area (Å²) in [7, 11) is 0. The lowest BCUT2D eigenvalue weighted by Gasteiger charge is -2.37. The van der Waals surface area contributed by atoms with Crippen LogP contribution in [0, 0.1) is 0 Å². The summed E-state index contributed by atoms with van der Waals surface area (Å²) >= 11 is 0. The van der Waals surface area contributed by atoms with Gasteiger partial charge in [-0.1, -0.05) is 37.3 Å². The summed E-state index contributed by atoms with van der Waals surface area (Å²) in [6.07, 6.45) is 0.820. The highest BCUT2D eigenvalue weighted by Crippen LogP contribution is 2.24. The van der Waals surface area contributed by atoms with Crippen molar-refractivity contribution in [3.05, 3.63) is 60.2 Å². The van der Waals surface area contributed by atoms with Crippen molar-refractivity contribution in [1.82, 2.24) is 4.90 Å². The molecule has 24 heavy (non-hydrogen) atoms. The molecule has 2 aromatic carbocycles. The second kappa shape index (κ2) is 7.39. The number of nitrogens with zero attached hydrogens (tertiary/aromatic N) is 2. The quantitative estimate of drug-likeness (QED) is 0.939. The first-order valence-corrected chi connectivity index (χ1v) is 8.56. The number of amides is 1. The van der Waals surface area contributed by atoms with Crippen molar-refractivity contribution < 1.29 is 9.90 Å². The van der Waals surface area contributed by atoms with Gasteiger partial charge in [-0.05, 0) is 36.2 Å².